The van der Waals surface area contributed by atoms with Gasteiger partial charge in [0.15, 0.2) is 5.13 Å². The van der Waals surface area contributed by atoms with Crippen LogP contribution >= 0.6 is 22.9 Å². The summed E-state index contributed by atoms with van der Waals surface area (Å²) in [5.74, 6) is -0.143. The maximum atomic E-state index is 12.7. The van der Waals surface area contributed by atoms with Gasteiger partial charge in [-0.25, -0.2) is 9.97 Å². The molecule has 2 N–H and O–H groups in total. The number of H-pyrrole nitrogens is 1. The first-order valence-corrected chi connectivity index (χ1v) is 9.18. The molecule has 4 aromatic rings. The van der Waals surface area contributed by atoms with E-state index in [4.69, 9.17) is 16.0 Å². The smallest absolute Gasteiger partial charge is 0.262 e. The molecule has 1 amide bonds. The molecular formula is C18H13ClN4O3S. The number of hydrogen-bond acceptors (Lipinski definition) is 6. The molecule has 3 heterocycles. The molecule has 0 saturated carbocycles. The Balaban J connectivity index is 1.57. The highest BCUT2D eigenvalue weighted by atomic mass is 35.5. The number of aromatic amines is 1. The lowest BCUT2D eigenvalue weighted by Crippen LogP contribution is -2.16. The van der Waals surface area contributed by atoms with Crippen LogP contribution < -0.4 is 10.9 Å². The van der Waals surface area contributed by atoms with E-state index in [9.17, 15) is 9.59 Å². The highest BCUT2D eigenvalue weighted by Crippen LogP contribution is 2.25. The molecule has 0 fully saturated rings. The number of hydrogen-bond donors (Lipinski definition) is 2. The normalized spacial score (nSPS) is 11.0. The average Bonchev–Trinajstić information content (AvgIpc) is 3.19. The van der Waals surface area contributed by atoms with Gasteiger partial charge >= 0.3 is 0 Å². The number of aryl methyl sites for hydroxylation is 1. The van der Waals surface area contributed by atoms with Crippen LogP contribution in [-0.4, -0.2) is 20.9 Å². The molecule has 27 heavy (non-hydrogen) atoms. The SMILES string of the molecule is Cc1oc2nc[nH]c(=O)c2c1C(=O)Nc1ncc(Cc2cccc(Cl)c2)s1. The molecule has 3 aromatic heterocycles. The Kier molecular flexibility index (Phi) is 4.51. The Hall–Kier alpha value is -2.97. The van der Waals surface area contributed by atoms with Crippen LogP contribution in [0.15, 0.2) is 46.0 Å². The Morgan fingerprint density at radius 2 is 2.22 bits per heavy atom. The van der Waals surface area contributed by atoms with Crippen LogP contribution in [0.25, 0.3) is 11.1 Å². The standard InChI is InChI=1S/C18H13ClN4O3S/c1-9-13(14-15(24)21-8-22-17(14)26-9)16(25)23-18-20-7-12(27-18)6-10-3-2-4-11(19)5-10/h2-5,7-8H,6H2,1H3,(H,20,23,25)(H,21,22,24). The van der Waals surface area contributed by atoms with E-state index in [0.717, 1.165) is 10.4 Å². The van der Waals surface area contributed by atoms with Gasteiger partial charge in [-0.1, -0.05) is 23.7 Å². The van der Waals surface area contributed by atoms with Crippen molar-refractivity contribution in [3.05, 3.63) is 73.9 Å². The Bertz CT molecular complexity index is 1210. The number of aromatic nitrogens is 3. The number of anilines is 1. The van der Waals surface area contributed by atoms with Crippen molar-refractivity contribution in [3.63, 3.8) is 0 Å². The monoisotopic (exact) mass is 400 g/mol. The van der Waals surface area contributed by atoms with E-state index in [1.807, 2.05) is 24.3 Å². The van der Waals surface area contributed by atoms with E-state index in [1.165, 1.54) is 17.7 Å². The van der Waals surface area contributed by atoms with Crippen molar-refractivity contribution < 1.29 is 9.21 Å². The number of carbonyl (C=O) groups is 1. The number of benzene rings is 1. The highest BCUT2D eigenvalue weighted by molar-refractivity contribution is 7.15. The van der Waals surface area contributed by atoms with Crippen molar-refractivity contribution in [3.8, 4) is 0 Å². The second kappa shape index (κ2) is 6.98. The van der Waals surface area contributed by atoms with Gasteiger partial charge in [0.25, 0.3) is 11.5 Å². The molecule has 4 rings (SSSR count). The molecular weight excluding hydrogens is 388 g/mol. The molecule has 136 valence electrons. The molecule has 9 heteroatoms. The molecule has 0 unspecified atom stereocenters. The van der Waals surface area contributed by atoms with E-state index in [-0.39, 0.29) is 16.7 Å². The summed E-state index contributed by atoms with van der Waals surface area (Å²) in [5, 5.41) is 3.96. The molecule has 0 saturated heterocycles. The second-order valence-electron chi connectivity index (χ2n) is 5.84. The van der Waals surface area contributed by atoms with Gasteiger partial charge in [-0.3, -0.25) is 14.9 Å². The van der Waals surface area contributed by atoms with Crippen LogP contribution in [0.4, 0.5) is 5.13 Å². The third-order valence-corrected chi connectivity index (χ3v) is 5.09. The summed E-state index contributed by atoms with van der Waals surface area (Å²) in [6.07, 6.45) is 3.60. The Morgan fingerprint density at radius 3 is 3.04 bits per heavy atom. The number of furan rings is 1. The van der Waals surface area contributed by atoms with Crippen molar-refractivity contribution in [1.82, 2.24) is 15.0 Å². The Labute approximate surface area is 162 Å². The Morgan fingerprint density at radius 1 is 1.37 bits per heavy atom. The van der Waals surface area contributed by atoms with Crippen molar-refractivity contribution in [2.75, 3.05) is 5.32 Å². The first kappa shape index (κ1) is 17.4. The summed E-state index contributed by atoms with van der Waals surface area (Å²) >= 11 is 7.36. The predicted molar refractivity (Wildman–Crippen MR) is 104 cm³/mol. The van der Waals surface area contributed by atoms with Gasteiger partial charge in [-0.15, -0.1) is 11.3 Å². The highest BCUT2D eigenvalue weighted by Gasteiger charge is 2.22. The van der Waals surface area contributed by atoms with E-state index >= 15 is 0 Å². The second-order valence-corrected chi connectivity index (χ2v) is 7.39. The zero-order chi connectivity index (χ0) is 19.0. The van der Waals surface area contributed by atoms with Crippen LogP contribution in [0.5, 0.6) is 0 Å². The van der Waals surface area contributed by atoms with Crippen molar-refractivity contribution >= 4 is 45.1 Å². The third-order valence-electron chi connectivity index (χ3n) is 3.94. The maximum Gasteiger partial charge on any atom is 0.262 e. The number of fused-ring (bicyclic) bond motifs is 1. The number of nitrogens with one attached hydrogen (secondary N) is 2. The first-order valence-electron chi connectivity index (χ1n) is 7.98. The van der Waals surface area contributed by atoms with E-state index in [0.29, 0.717) is 22.3 Å². The third kappa shape index (κ3) is 3.49. The number of carbonyl (C=O) groups excluding carboxylic acids is 1. The van der Waals surface area contributed by atoms with Crippen LogP contribution in [0, 0.1) is 6.92 Å². The van der Waals surface area contributed by atoms with Crippen LogP contribution in [0.2, 0.25) is 5.02 Å². The lowest BCUT2D eigenvalue weighted by atomic mass is 10.1. The molecule has 0 spiro atoms. The molecule has 0 aliphatic heterocycles. The van der Waals surface area contributed by atoms with E-state index in [1.54, 1.807) is 13.1 Å². The quantitative estimate of drug-likeness (QED) is 0.543. The fourth-order valence-corrected chi connectivity index (χ4v) is 3.84. The van der Waals surface area contributed by atoms with Crippen LogP contribution in [0.3, 0.4) is 0 Å². The molecule has 0 radical (unpaired) electrons. The van der Waals surface area contributed by atoms with Crippen molar-refractivity contribution in [2.45, 2.75) is 13.3 Å². The minimum atomic E-state index is -0.464. The van der Waals surface area contributed by atoms with E-state index < -0.39 is 11.5 Å². The lowest BCUT2D eigenvalue weighted by Gasteiger charge is -2.00. The summed E-state index contributed by atoms with van der Waals surface area (Å²) in [6, 6.07) is 7.57. The van der Waals surface area contributed by atoms with Gasteiger partial charge in [0.05, 0.1) is 11.9 Å². The summed E-state index contributed by atoms with van der Waals surface area (Å²) < 4.78 is 5.41. The number of nitrogens with zero attached hydrogens (tertiary/aromatic N) is 2. The van der Waals surface area contributed by atoms with Crippen LogP contribution in [0.1, 0.15) is 26.6 Å². The molecule has 0 atom stereocenters. The van der Waals surface area contributed by atoms with Crippen molar-refractivity contribution in [2.24, 2.45) is 0 Å². The average molecular weight is 401 g/mol. The zero-order valence-corrected chi connectivity index (χ0v) is 15.6. The topological polar surface area (TPSA) is 101 Å². The number of amides is 1. The predicted octanol–water partition coefficient (Wildman–Crippen LogP) is 3.78. The van der Waals surface area contributed by atoms with Crippen molar-refractivity contribution in [1.29, 1.82) is 0 Å². The summed E-state index contributed by atoms with van der Waals surface area (Å²) in [5.41, 5.74) is 0.911. The van der Waals surface area contributed by atoms with Gasteiger partial charge < -0.3 is 9.40 Å². The molecule has 0 aliphatic rings. The minimum absolute atomic E-state index is 0.127. The van der Waals surface area contributed by atoms with E-state index in [2.05, 4.69) is 20.3 Å². The van der Waals surface area contributed by atoms with Gasteiger partial charge in [-0.05, 0) is 24.6 Å². The summed E-state index contributed by atoms with van der Waals surface area (Å²) in [7, 11) is 0. The summed E-state index contributed by atoms with van der Waals surface area (Å²) in [6.45, 7) is 1.61. The fraction of sp³-hybridized carbons (Fsp3) is 0.111. The van der Waals surface area contributed by atoms with Gasteiger partial charge in [-0.2, -0.15) is 0 Å². The van der Waals surface area contributed by atoms with Gasteiger partial charge in [0.1, 0.15) is 11.1 Å². The molecule has 0 aliphatic carbocycles. The van der Waals surface area contributed by atoms with Crippen LogP contribution in [-0.2, 0) is 6.42 Å². The first-order chi connectivity index (χ1) is 13.0. The summed E-state index contributed by atoms with van der Waals surface area (Å²) in [4.78, 5) is 36.3. The van der Waals surface area contributed by atoms with Gasteiger partial charge in [0.2, 0.25) is 5.71 Å². The van der Waals surface area contributed by atoms with Gasteiger partial charge in [0, 0.05) is 22.5 Å². The zero-order valence-electron chi connectivity index (χ0n) is 14.1. The molecule has 7 nitrogen and oxygen atoms in total. The maximum absolute atomic E-state index is 12.7. The number of thiazole rings is 1. The molecule has 0 bridgehead atoms. The largest absolute Gasteiger partial charge is 0.442 e. The lowest BCUT2D eigenvalue weighted by molar-refractivity contribution is 0.102. The number of halogens is 1. The minimum Gasteiger partial charge on any atom is -0.442 e. The fourth-order valence-electron chi connectivity index (χ4n) is 2.78. The number of rotatable bonds is 4. The molecule has 1 aromatic carbocycles.